The van der Waals surface area contributed by atoms with Crippen molar-refractivity contribution in [3.8, 4) is 11.1 Å². The number of aryl methyl sites for hydroxylation is 1. The van der Waals surface area contributed by atoms with Crippen LogP contribution in [0.4, 0.5) is 0 Å². The van der Waals surface area contributed by atoms with Gasteiger partial charge in [-0.1, -0.05) is 0 Å². The van der Waals surface area contributed by atoms with E-state index in [0.29, 0.717) is 0 Å². The van der Waals surface area contributed by atoms with Crippen molar-refractivity contribution in [3.05, 3.63) is 54.1 Å². The normalized spacial score (nSPS) is 11.6. The first-order valence-electron chi connectivity index (χ1n) is 6.70. The summed E-state index contributed by atoms with van der Waals surface area (Å²) in [6, 6.07) is 17.9. The Bertz CT molecular complexity index is 521. The molecule has 0 aliphatic carbocycles. The average Bonchev–Trinajstić information content (AvgIpc) is 2.38. The van der Waals surface area contributed by atoms with Gasteiger partial charge in [-0.15, -0.1) is 0 Å². The van der Waals surface area contributed by atoms with Crippen molar-refractivity contribution in [1.29, 1.82) is 0 Å². The zero-order valence-electron chi connectivity index (χ0n) is 11.8. The predicted molar refractivity (Wildman–Crippen MR) is 84.2 cm³/mol. The maximum absolute atomic E-state index is 2.48. The molecule has 94 valence electrons. The third kappa shape index (κ3) is 3.17. The van der Waals surface area contributed by atoms with E-state index in [9.17, 15) is 0 Å². The van der Waals surface area contributed by atoms with E-state index in [-0.39, 0.29) is 0 Å². The molecule has 0 nitrogen and oxygen atoms in total. The van der Waals surface area contributed by atoms with Crippen molar-refractivity contribution < 1.29 is 0 Å². The molecule has 0 unspecified atom stereocenters. The first-order valence-corrected chi connectivity index (χ1v) is 16.7. The summed E-state index contributed by atoms with van der Waals surface area (Å²) in [7, 11) is 0. The van der Waals surface area contributed by atoms with Gasteiger partial charge in [0.2, 0.25) is 0 Å². The van der Waals surface area contributed by atoms with Crippen molar-refractivity contribution in [1.82, 2.24) is 0 Å². The van der Waals surface area contributed by atoms with Crippen LogP contribution in [0.1, 0.15) is 12.5 Å². The summed E-state index contributed by atoms with van der Waals surface area (Å²) in [6.45, 7) is 2.24. The Kier molecular flexibility index (Phi) is 4.16. The van der Waals surface area contributed by atoms with Gasteiger partial charge >= 0.3 is 115 Å². The summed E-state index contributed by atoms with van der Waals surface area (Å²) in [6.07, 6.45) is 1.12. The van der Waals surface area contributed by atoms with E-state index < -0.39 is 18.4 Å². The van der Waals surface area contributed by atoms with Crippen LogP contribution in [0.15, 0.2) is 48.5 Å². The molecule has 18 heavy (non-hydrogen) atoms. The van der Waals surface area contributed by atoms with Crippen LogP contribution in [0.2, 0.25) is 14.8 Å². The molecule has 0 atom stereocenters. The van der Waals surface area contributed by atoms with Crippen molar-refractivity contribution in [2.24, 2.45) is 0 Å². The molecular weight excluding hydrogens is 323 g/mol. The summed E-state index contributed by atoms with van der Waals surface area (Å²) >= 11 is -1.99. The van der Waals surface area contributed by atoms with Gasteiger partial charge in [0.25, 0.3) is 0 Å². The molecule has 0 saturated heterocycles. The Morgan fingerprint density at radius 1 is 0.833 bits per heavy atom. The Balaban J connectivity index is 2.55. The fraction of sp³-hybridized carbons (Fsp3) is 0.294. The van der Waals surface area contributed by atoms with Crippen LogP contribution in [-0.2, 0) is 6.42 Å². The fourth-order valence-electron chi connectivity index (χ4n) is 2.13. The first kappa shape index (κ1) is 13.7. The average molecular weight is 345 g/mol. The van der Waals surface area contributed by atoms with E-state index >= 15 is 0 Å². The van der Waals surface area contributed by atoms with E-state index in [2.05, 4.69) is 70.3 Å². The SMILES string of the molecule is CCc1cc(-c2ccccc2)c[c]([Sn]([CH3])([CH3])[CH3])c1. The van der Waals surface area contributed by atoms with Crippen LogP contribution in [0.25, 0.3) is 11.1 Å². The standard InChI is InChI=1S/C14H13.3CH3.Sn/c1-2-12-7-6-10-14(11-12)13-8-4-3-5-9-13;;;;/h3-5,7-11H,2H2,1H3;3*1H3;. The summed E-state index contributed by atoms with van der Waals surface area (Å²) < 4.78 is 1.63. The van der Waals surface area contributed by atoms with Crippen LogP contribution in [-0.4, -0.2) is 18.4 Å². The third-order valence-electron chi connectivity index (χ3n) is 3.37. The number of hydrogen-bond acceptors (Lipinski definition) is 0. The topological polar surface area (TPSA) is 0 Å². The maximum atomic E-state index is 2.48. The number of benzene rings is 2. The van der Waals surface area contributed by atoms with Gasteiger partial charge in [0.15, 0.2) is 0 Å². The molecule has 0 aromatic heterocycles. The molecule has 0 fully saturated rings. The molecule has 0 bridgehead atoms. The van der Waals surface area contributed by atoms with E-state index in [1.807, 2.05) is 0 Å². The van der Waals surface area contributed by atoms with E-state index in [1.54, 1.807) is 3.58 Å². The summed E-state index contributed by atoms with van der Waals surface area (Å²) in [5.74, 6) is 0. The van der Waals surface area contributed by atoms with Gasteiger partial charge in [0.05, 0.1) is 0 Å². The Morgan fingerprint density at radius 3 is 2.06 bits per heavy atom. The minimum atomic E-state index is -1.99. The first-order chi connectivity index (χ1) is 8.50. The molecular formula is C17H22Sn. The molecule has 2 aromatic carbocycles. The van der Waals surface area contributed by atoms with Gasteiger partial charge in [-0.25, -0.2) is 0 Å². The molecule has 0 aliphatic heterocycles. The van der Waals surface area contributed by atoms with Gasteiger partial charge in [-0.05, 0) is 0 Å². The summed E-state index contributed by atoms with van der Waals surface area (Å²) in [5.41, 5.74) is 4.19. The Labute approximate surface area is 115 Å². The van der Waals surface area contributed by atoms with Crippen molar-refractivity contribution in [2.45, 2.75) is 28.2 Å². The van der Waals surface area contributed by atoms with E-state index in [0.717, 1.165) is 6.42 Å². The predicted octanol–water partition coefficient (Wildman–Crippen LogP) is 4.46. The van der Waals surface area contributed by atoms with Gasteiger partial charge in [0, 0.05) is 0 Å². The number of rotatable bonds is 3. The molecule has 2 rings (SSSR count). The molecule has 1 heteroatoms. The Morgan fingerprint density at radius 2 is 1.50 bits per heavy atom. The van der Waals surface area contributed by atoms with Gasteiger partial charge in [0.1, 0.15) is 0 Å². The third-order valence-corrected chi connectivity index (χ3v) is 9.14. The van der Waals surface area contributed by atoms with Crippen LogP contribution in [0.3, 0.4) is 0 Å². The Hall–Kier alpha value is -0.761. The van der Waals surface area contributed by atoms with Crippen LogP contribution in [0.5, 0.6) is 0 Å². The second-order valence-electron chi connectivity index (χ2n) is 5.89. The van der Waals surface area contributed by atoms with Gasteiger partial charge in [-0.2, -0.15) is 0 Å². The molecule has 0 amide bonds. The minimum absolute atomic E-state index is 1.12. The monoisotopic (exact) mass is 346 g/mol. The zero-order chi connectivity index (χ0) is 13.2. The zero-order valence-corrected chi connectivity index (χ0v) is 14.7. The molecule has 0 radical (unpaired) electrons. The molecule has 2 aromatic rings. The molecule has 0 N–H and O–H groups in total. The van der Waals surface area contributed by atoms with Crippen LogP contribution >= 0.6 is 0 Å². The van der Waals surface area contributed by atoms with E-state index in [1.165, 1.54) is 16.7 Å². The quantitative estimate of drug-likeness (QED) is 0.721. The fourth-order valence-corrected chi connectivity index (χ4v) is 5.57. The second kappa shape index (κ2) is 5.48. The molecule has 0 spiro atoms. The van der Waals surface area contributed by atoms with Gasteiger partial charge in [-0.3, -0.25) is 0 Å². The summed E-state index contributed by atoms with van der Waals surface area (Å²) in [4.78, 5) is 7.45. The van der Waals surface area contributed by atoms with Crippen molar-refractivity contribution >= 4 is 22.0 Å². The molecule has 0 aliphatic rings. The van der Waals surface area contributed by atoms with E-state index in [4.69, 9.17) is 0 Å². The summed E-state index contributed by atoms with van der Waals surface area (Å²) in [5, 5.41) is 0. The van der Waals surface area contributed by atoms with Crippen LogP contribution in [0, 0.1) is 0 Å². The molecule has 0 heterocycles. The number of hydrogen-bond donors (Lipinski definition) is 0. The van der Waals surface area contributed by atoms with Crippen molar-refractivity contribution in [2.75, 3.05) is 0 Å². The molecule has 0 saturated carbocycles. The van der Waals surface area contributed by atoms with Crippen LogP contribution < -0.4 is 3.58 Å². The van der Waals surface area contributed by atoms with Crippen molar-refractivity contribution in [3.63, 3.8) is 0 Å². The van der Waals surface area contributed by atoms with Gasteiger partial charge < -0.3 is 0 Å². The second-order valence-corrected chi connectivity index (χ2v) is 20.4.